The van der Waals surface area contributed by atoms with Crippen molar-refractivity contribution in [2.45, 2.75) is 38.6 Å². The van der Waals surface area contributed by atoms with Gasteiger partial charge in [0, 0.05) is 17.6 Å². The monoisotopic (exact) mass is 271 g/mol. The van der Waals surface area contributed by atoms with Gasteiger partial charge in [0.2, 0.25) is 0 Å². The highest BCUT2D eigenvalue weighted by atomic mass is 16.1. The van der Waals surface area contributed by atoms with E-state index in [9.17, 15) is 4.79 Å². The van der Waals surface area contributed by atoms with Crippen LogP contribution in [0.5, 0.6) is 0 Å². The molecular weight excluding hydrogens is 254 g/mol. The molecule has 0 bridgehead atoms. The summed E-state index contributed by atoms with van der Waals surface area (Å²) in [7, 11) is 0. The molecule has 2 N–H and O–H groups in total. The Morgan fingerprint density at radius 2 is 2.05 bits per heavy atom. The van der Waals surface area contributed by atoms with E-state index in [-0.39, 0.29) is 11.7 Å². The number of aromatic nitrogens is 5. The lowest BCUT2D eigenvalue weighted by Gasteiger charge is -2.29. The van der Waals surface area contributed by atoms with Gasteiger partial charge in [-0.05, 0) is 24.8 Å². The summed E-state index contributed by atoms with van der Waals surface area (Å²) in [4.78, 5) is 18.3. The van der Waals surface area contributed by atoms with Crippen LogP contribution >= 0.6 is 0 Å². The first-order valence-electron chi connectivity index (χ1n) is 7.19. The first-order chi connectivity index (χ1) is 9.75. The molecule has 20 heavy (non-hydrogen) atoms. The highest BCUT2D eigenvalue weighted by Crippen LogP contribution is 2.35. The van der Waals surface area contributed by atoms with Crippen LogP contribution in [-0.4, -0.2) is 24.7 Å². The average Bonchev–Trinajstić information content (AvgIpc) is 3.02. The van der Waals surface area contributed by atoms with Crippen molar-refractivity contribution in [2.75, 3.05) is 0 Å². The molecule has 2 atom stereocenters. The number of nitrogens with one attached hydrogen (secondary N) is 2. The van der Waals surface area contributed by atoms with Crippen molar-refractivity contribution < 1.29 is 0 Å². The van der Waals surface area contributed by atoms with Crippen LogP contribution in [0.4, 0.5) is 0 Å². The maximum atomic E-state index is 12.4. The molecule has 0 aromatic carbocycles. The van der Waals surface area contributed by atoms with E-state index in [0.29, 0.717) is 11.6 Å². The molecule has 6 nitrogen and oxygen atoms in total. The molecule has 0 aliphatic heterocycles. The molecule has 6 heteroatoms. The highest BCUT2D eigenvalue weighted by Gasteiger charge is 2.27. The van der Waals surface area contributed by atoms with E-state index in [0.717, 1.165) is 23.0 Å². The van der Waals surface area contributed by atoms with Crippen molar-refractivity contribution in [3.63, 3.8) is 0 Å². The number of imidazole rings is 1. The average molecular weight is 271 g/mol. The third kappa shape index (κ3) is 1.54. The van der Waals surface area contributed by atoms with Gasteiger partial charge in [-0.25, -0.2) is 4.79 Å². The van der Waals surface area contributed by atoms with Crippen LogP contribution in [0.3, 0.4) is 0 Å². The minimum Gasteiger partial charge on any atom is -0.345 e. The van der Waals surface area contributed by atoms with E-state index < -0.39 is 0 Å². The molecule has 0 saturated heterocycles. The fourth-order valence-corrected chi connectivity index (χ4v) is 3.50. The van der Waals surface area contributed by atoms with Gasteiger partial charge in [0.15, 0.2) is 11.3 Å². The summed E-state index contributed by atoms with van der Waals surface area (Å²) in [5, 5.41) is 9.19. The lowest BCUT2D eigenvalue weighted by Crippen LogP contribution is -2.28. The number of aromatic amines is 2. The second-order valence-electron chi connectivity index (χ2n) is 5.77. The Labute approximate surface area is 115 Å². The van der Waals surface area contributed by atoms with Gasteiger partial charge in [0.25, 0.3) is 0 Å². The molecule has 4 rings (SSSR count). The predicted molar refractivity (Wildman–Crippen MR) is 76.7 cm³/mol. The molecule has 3 aromatic rings. The second-order valence-corrected chi connectivity index (χ2v) is 5.77. The van der Waals surface area contributed by atoms with Crippen LogP contribution in [-0.2, 0) is 0 Å². The van der Waals surface area contributed by atoms with Gasteiger partial charge in [-0.15, -0.1) is 10.2 Å². The molecule has 0 amide bonds. The Morgan fingerprint density at radius 3 is 2.90 bits per heavy atom. The van der Waals surface area contributed by atoms with Crippen molar-refractivity contribution in [3.8, 4) is 0 Å². The summed E-state index contributed by atoms with van der Waals surface area (Å²) >= 11 is 0. The zero-order valence-electron chi connectivity index (χ0n) is 11.4. The van der Waals surface area contributed by atoms with Crippen molar-refractivity contribution in [3.05, 3.63) is 22.7 Å². The van der Waals surface area contributed by atoms with E-state index in [4.69, 9.17) is 0 Å². The fraction of sp³-hybridized carbons (Fsp3) is 0.500. The van der Waals surface area contributed by atoms with Crippen molar-refractivity contribution in [2.24, 2.45) is 5.92 Å². The number of hydrogen-bond donors (Lipinski definition) is 2. The largest absolute Gasteiger partial charge is 0.345 e. The van der Waals surface area contributed by atoms with E-state index in [1.807, 2.05) is 16.8 Å². The van der Waals surface area contributed by atoms with E-state index >= 15 is 0 Å². The number of nitrogens with zero attached hydrogens (tertiary/aromatic N) is 3. The molecule has 3 aromatic heterocycles. The van der Waals surface area contributed by atoms with Gasteiger partial charge in [-0.2, -0.15) is 0 Å². The highest BCUT2D eigenvalue weighted by molar-refractivity contribution is 5.99. The van der Waals surface area contributed by atoms with Crippen molar-refractivity contribution in [1.29, 1.82) is 0 Å². The van der Waals surface area contributed by atoms with Crippen LogP contribution in [0, 0.1) is 5.92 Å². The van der Waals surface area contributed by atoms with Crippen LogP contribution in [0.2, 0.25) is 0 Å². The van der Waals surface area contributed by atoms with Crippen LogP contribution < -0.4 is 5.69 Å². The molecule has 0 spiro atoms. The topological polar surface area (TPSA) is 79.4 Å². The molecule has 1 saturated carbocycles. The maximum absolute atomic E-state index is 12.4. The summed E-state index contributed by atoms with van der Waals surface area (Å²) in [6.45, 7) is 2.23. The van der Waals surface area contributed by atoms with E-state index in [1.54, 1.807) is 0 Å². The Morgan fingerprint density at radius 1 is 1.25 bits per heavy atom. The van der Waals surface area contributed by atoms with Gasteiger partial charge in [0.1, 0.15) is 5.52 Å². The summed E-state index contributed by atoms with van der Waals surface area (Å²) < 4.78 is 1.91. The van der Waals surface area contributed by atoms with Gasteiger partial charge in [0.05, 0.1) is 0 Å². The lowest BCUT2D eigenvalue weighted by molar-refractivity contribution is 0.258. The van der Waals surface area contributed by atoms with Gasteiger partial charge in [-0.3, -0.25) is 9.55 Å². The van der Waals surface area contributed by atoms with Gasteiger partial charge in [-0.1, -0.05) is 19.8 Å². The fourth-order valence-electron chi connectivity index (χ4n) is 3.50. The minimum atomic E-state index is -0.0678. The molecule has 1 aliphatic carbocycles. The van der Waals surface area contributed by atoms with Crippen LogP contribution in [0.1, 0.15) is 38.6 Å². The van der Waals surface area contributed by atoms with Crippen molar-refractivity contribution >= 4 is 22.2 Å². The Kier molecular flexibility index (Phi) is 2.45. The summed E-state index contributed by atoms with van der Waals surface area (Å²) in [6.07, 6.45) is 6.52. The first kappa shape index (κ1) is 11.7. The normalized spacial score (nSPS) is 23.6. The number of fused-ring (bicyclic) bond motifs is 3. The molecule has 0 radical (unpaired) electrons. The Hall–Kier alpha value is -2.11. The summed E-state index contributed by atoms with van der Waals surface area (Å²) in [6, 6.07) is 2.22. The summed E-state index contributed by atoms with van der Waals surface area (Å²) in [5.74, 6) is 0.516. The molecule has 1 aliphatic rings. The number of H-pyrrole nitrogens is 2. The maximum Gasteiger partial charge on any atom is 0.328 e. The molecular formula is C14H17N5O. The molecule has 104 valence electrons. The summed E-state index contributed by atoms with van der Waals surface area (Å²) in [5.41, 5.74) is 2.13. The number of rotatable bonds is 1. The standard InChI is InChI=1S/C14H17N5O/c1-8-4-2-3-5-10(8)19-11-9-6-7-15-12(9)17-18-13(11)16-14(19)20/h6-8,10H,2-5H2,1H3,(H,15,17)(H,16,18,20)/t8-,10?/m0/s1. The predicted octanol–water partition coefficient (Wildman–Crippen LogP) is 2.35. The SMILES string of the molecule is C[C@H]1CCCCC1n1c(=O)[nH]c2nnc3[nH]ccc3c21. The molecule has 1 unspecified atom stereocenters. The molecule has 3 heterocycles. The smallest absolute Gasteiger partial charge is 0.328 e. The minimum absolute atomic E-state index is 0.0678. The van der Waals surface area contributed by atoms with Crippen LogP contribution in [0.15, 0.2) is 17.1 Å². The zero-order valence-corrected chi connectivity index (χ0v) is 11.4. The first-order valence-corrected chi connectivity index (χ1v) is 7.19. The van der Waals surface area contributed by atoms with Gasteiger partial charge < -0.3 is 4.98 Å². The van der Waals surface area contributed by atoms with E-state index in [1.165, 1.54) is 19.3 Å². The van der Waals surface area contributed by atoms with Gasteiger partial charge >= 0.3 is 5.69 Å². The second kappa shape index (κ2) is 4.19. The Bertz CT molecular complexity index is 827. The zero-order chi connectivity index (χ0) is 13.7. The third-order valence-electron chi connectivity index (χ3n) is 4.54. The quantitative estimate of drug-likeness (QED) is 0.713. The third-order valence-corrected chi connectivity index (χ3v) is 4.54. The van der Waals surface area contributed by atoms with Crippen molar-refractivity contribution in [1.82, 2.24) is 24.7 Å². The Balaban J connectivity index is 2.04. The van der Waals surface area contributed by atoms with E-state index in [2.05, 4.69) is 27.1 Å². The lowest BCUT2D eigenvalue weighted by atomic mass is 9.85. The number of hydrogen-bond acceptors (Lipinski definition) is 3. The van der Waals surface area contributed by atoms with Crippen LogP contribution in [0.25, 0.3) is 22.2 Å². The molecule has 1 fully saturated rings.